The van der Waals surface area contributed by atoms with Crippen molar-refractivity contribution in [3.05, 3.63) is 70.7 Å². The van der Waals surface area contributed by atoms with Crippen molar-refractivity contribution in [1.82, 2.24) is 14.5 Å². The SMILES string of the molecule is Cn1c(Nc2ccc(Br)cc2F)nc2cc(Oc3ccnc(C=O)c3)ccc21. The fraction of sp³-hybridized carbons (Fsp3) is 0.0500. The van der Waals surface area contributed by atoms with E-state index in [-0.39, 0.29) is 5.82 Å². The van der Waals surface area contributed by atoms with Gasteiger partial charge >= 0.3 is 0 Å². The molecule has 0 aliphatic heterocycles. The van der Waals surface area contributed by atoms with Crippen molar-refractivity contribution in [3.8, 4) is 11.5 Å². The number of hydrogen-bond donors (Lipinski definition) is 1. The first-order valence-corrected chi connectivity index (χ1v) is 9.10. The molecule has 4 aromatic rings. The summed E-state index contributed by atoms with van der Waals surface area (Å²) in [7, 11) is 1.84. The Labute approximate surface area is 168 Å². The van der Waals surface area contributed by atoms with Crippen LogP contribution in [0.15, 0.2) is 59.2 Å². The number of carbonyl (C=O) groups is 1. The molecule has 2 aromatic heterocycles. The molecule has 0 amide bonds. The van der Waals surface area contributed by atoms with Gasteiger partial charge in [0, 0.05) is 29.8 Å². The molecule has 0 spiro atoms. The van der Waals surface area contributed by atoms with E-state index in [9.17, 15) is 9.18 Å². The lowest BCUT2D eigenvalue weighted by atomic mass is 10.3. The first kappa shape index (κ1) is 18.1. The molecule has 140 valence electrons. The van der Waals surface area contributed by atoms with E-state index in [1.54, 1.807) is 36.4 Å². The predicted octanol–water partition coefficient (Wildman–Crippen LogP) is 5.22. The van der Waals surface area contributed by atoms with Crippen molar-refractivity contribution in [1.29, 1.82) is 0 Å². The lowest BCUT2D eigenvalue weighted by Gasteiger charge is -2.07. The average Bonchev–Trinajstić information content (AvgIpc) is 2.99. The van der Waals surface area contributed by atoms with Gasteiger partial charge in [-0.2, -0.15) is 0 Å². The number of rotatable bonds is 5. The summed E-state index contributed by atoms with van der Waals surface area (Å²) in [5.41, 5.74) is 2.16. The highest BCUT2D eigenvalue weighted by Crippen LogP contribution is 2.29. The molecule has 1 N–H and O–H groups in total. The Balaban J connectivity index is 1.64. The Kier molecular flexibility index (Phi) is 4.79. The molecular weight excluding hydrogens is 427 g/mol. The zero-order valence-electron chi connectivity index (χ0n) is 14.7. The Morgan fingerprint density at radius 1 is 1.14 bits per heavy atom. The fourth-order valence-electron chi connectivity index (χ4n) is 2.76. The van der Waals surface area contributed by atoms with Gasteiger partial charge in [-0.25, -0.2) is 9.37 Å². The van der Waals surface area contributed by atoms with Gasteiger partial charge in [0.25, 0.3) is 0 Å². The Morgan fingerprint density at radius 2 is 1.96 bits per heavy atom. The molecule has 8 heteroatoms. The smallest absolute Gasteiger partial charge is 0.208 e. The maximum absolute atomic E-state index is 14.1. The minimum atomic E-state index is -0.380. The molecular formula is C20H14BrFN4O2. The number of aryl methyl sites for hydroxylation is 1. The molecule has 2 heterocycles. The van der Waals surface area contributed by atoms with Crippen LogP contribution in [0, 0.1) is 5.82 Å². The molecule has 0 bridgehead atoms. The summed E-state index contributed by atoms with van der Waals surface area (Å²) in [6.45, 7) is 0. The first-order chi connectivity index (χ1) is 13.5. The monoisotopic (exact) mass is 440 g/mol. The maximum atomic E-state index is 14.1. The lowest BCUT2D eigenvalue weighted by Crippen LogP contribution is -2.00. The minimum absolute atomic E-state index is 0.291. The van der Waals surface area contributed by atoms with E-state index in [0.29, 0.717) is 45.1 Å². The van der Waals surface area contributed by atoms with Crippen LogP contribution < -0.4 is 10.1 Å². The summed E-state index contributed by atoms with van der Waals surface area (Å²) in [4.78, 5) is 19.3. The quantitative estimate of drug-likeness (QED) is 0.431. The first-order valence-electron chi connectivity index (χ1n) is 8.31. The zero-order chi connectivity index (χ0) is 19.7. The van der Waals surface area contributed by atoms with Crippen molar-refractivity contribution in [2.24, 2.45) is 7.05 Å². The van der Waals surface area contributed by atoms with E-state index in [2.05, 4.69) is 31.2 Å². The number of anilines is 2. The topological polar surface area (TPSA) is 69.0 Å². The average molecular weight is 441 g/mol. The van der Waals surface area contributed by atoms with Crippen molar-refractivity contribution in [2.45, 2.75) is 0 Å². The van der Waals surface area contributed by atoms with E-state index in [4.69, 9.17) is 4.74 Å². The van der Waals surface area contributed by atoms with E-state index in [1.807, 2.05) is 17.7 Å². The molecule has 2 aromatic carbocycles. The highest BCUT2D eigenvalue weighted by atomic mass is 79.9. The van der Waals surface area contributed by atoms with Crippen molar-refractivity contribution < 1.29 is 13.9 Å². The molecule has 4 rings (SSSR count). The van der Waals surface area contributed by atoms with Gasteiger partial charge in [0.2, 0.25) is 5.95 Å². The number of imidazole rings is 1. The van der Waals surface area contributed by atoms with Crippen LogP contribution in [0.25, 0.3) is 11.0 Å². The van der Waals surface area contributed by atoms with Crippen LogP contribution in [0.1, 0.15) is 10.5 Å². The van der Waals surface area contributed by atoms with Crippen LogP contribution in [-0.4, -0.2) is 20.8 Å². The van der Waals surface area contributed by atoms with Gasteiger partial charge in [-0.05, 0) is 36.4 Å². The van der Waals surface area contributed by atoms with Gasteiger partial charge in [0.1, 0.15) is 23.0 Å². The number of fused-ring (bicyclic) bond motifs is 1. The van der Waals surface area contributed by atoms with Crippen LogP contribution in [0.4, 0.5) is 16.0 Å². The summed E-state index contributed by atoms with van der Waals surface area (Å²) >= 11 is 3.24. The Morgan fingerprint density at radius 3 is 2.75 bits per heavy atom. The number of pyridine rings is 1. The minimum Gasteiger partial charge on any atom is -0.457 e. The molecule has 6 nitrogen and oxygen atoms in total. The van der Waals surface area contributed by atoms with Gasteiger partial charge in [0.15, 0.2) is 6.29 Å². The highest BCUT2D eigenvalue weighted by molar-refractivity contribution is 9.10. The number of aromatic nitrogens is 3. The summed E-state index contributed by atoms with van der Waals surface area (Å²) in [6, 6.07) is 13.4. The van der Waals surface area contributed by atoms with Crippen LogP contribution in [0.3, 0.4) is 0 Å². The van der Waals surface area contributed by atoms with Gasteiger partial charge < -0.3 is 14.6 Å². The van der Waals surface area contributed by atoms with Gasteiger partial charge in [-0.15, -0.1) is 0 Å². The Hall–Kier alpha value is -3.26. The number of carbonyl (C=O) groups excluding carboxylic acids is 1. The van der Waals surface area contributed by atoms with E-state index in [0.717, 1.165) is 5.52 Å². The number of aldehydes is 1. The second-order valence-corrected chi connectivity index (χ2v) is 6.95. The van der Waals surface area contributed by atoms with Crippen LogP contribution in [0.2, 0.25) is 0 Å². The third kappa shape index (κ3) is 3.59. The second kappa shape index (κ2) is 7.40. The molecule has 0 atom stereocenters. The van der Waals surface area contributed by atoms with Crippen LogP contribution in [0.5, 0.6) is 11.5 Å². The third-order valence-corrected chi connectivity index (χ3v) is 4.63. The molecule has 0 radical (unpaired) electrons. The fourth-order valence-corrected chi connectivity index (χ4v) is 3.09. The number of nitrogens with zero attached hydrogens (tertiary/aromatic N) is 3. The second-order valence-electron chi connectivity index (χ2n) is 6.03. The van der Waals surface area contributed by atoms with Gasteiger partial charge in [-0.1, -0.05) is 15.9 Å². The molecule has 0 saturated carbocycles. The number of ether oxygens (including phenoxy) is 1. The molecule has 0 aliphatic carbocycles. The van der Waals surface area contributed by atoms with E-state index < -0.39 is 0 Å². The van der Waals surface area contributed by atoms with Crippen LogP contribution >= 0.6 is 15.9 Å². The van der Waals surface area contributed by atoms with Gasteiger partial charge in [0.05, 0.1) is 16.7 Å². The maximum Gasteiger partial charge on any atom is 0.208 e. The summed E-state index contributed by atoms with van der Waals surface area (Å²) in [5, 5.41) is 3.01. The molecule has 0 aliphatic rings. The number of hydrogen-bond acceptors (Lipinski definition) is 5. The molecule has 0 unspecified atom stereocenters. The van der Waals surface area contributed by atoms with Crippen molar-refractivity contribution >= 4 is 44.9 Å². The van der Waals surface area contributed by atoms with Crippen molar-refractivity contribution in [3.63, 3.8) is 0 Å². The number of benzene rings is 2. The summed E-state index contributed by atoms with van der Waals surface area (Å²) in [6.07, 6.45) is 2.17. The third-order valence-electron chi connectivity index (χ3n) is 4.14. The molecule has 28 heavy (non-hydrogen) atoms. The highest BCUT2D eigenvalue weighted by Gasteiger charge is 2.12. The van der Waals surface area contributed by atoms with Crippen LogP contribution in [-0.2, 0) is 7.05 Å². The van der Waals surface area contributed by atoms with E-state index >= 15 is 0 Å². The lowest BCUT2D eigenvalue weighted by molar-refractivity contribution is 0.111. The zero-order valence-corrected chi connectivity index (χ0v) is 16.3. The summed E-state index contributed by atoms with van der Waals surface area (Å²) in [5.74, 6) is 1.19. The standard InChI is InChI=1S/C20H14BrFN4O2/c1-26-19-5-3-14(28-15-6-7-23-13(9-15)11-27)10-18(19)25-20(26)24-17-4-2-12(21)8-16(17)22/h2-11H,1H3,(H,24,25). The van der Waals surface area contributed by atoms with E-state index in [1.165, 1.54) is 12.3 Å². The molecule has 0 fully saturated rings. The predicted molar refractivity (Wildman–Crippen MR) is 108 cm³/mol. The number of halogens is 2. The van der Waals surface area contributed by atoms with Crippen molar-refractivity contribution in [2.75, 3.05) is 5.32 Å². The van der Waals surface area contributed by atoms with Gasteiger partial charge in [-0.3, -0.25) is 9.78 Å². The molecule has 0 saturated heterocycles. The Bertz CT molecular complexity index is 1190. The largest absolute Gasteiger partial charge is 0.457 e. The summed E-state index contributed by atoms with van der Waals surface area (Å²) < 4.78 is 22.4. The normalized spacial score (nSPS) is 10.8. The number of nitrogens with one attached hydrogen (secondary N) is 1.